The molecule has 164 valence electrons. The maximum Gasteiger partial charge on any atom is 0.221 e. The lowest BCUT2D eigenvalue weighted by molar-refractivity contribution is 0.279. The van der Waals surface area contributed by atoms with Crippen LogP contribution in [-0.2, 0) is 16.6 Å². The maximum atomic E-state index is 15.0. The molecule has 2 saturated heterocycles. The van der Waals surface area contributed by atoms with Crippen LogP contribution in [0.25, 0.3) is 0 Å². The molecule has 0 aliphatic carbocycles. The van der Waals surface area contributed by atoms with Crippen molar-refractivity contribution in [3.8, 4) is 6.07 Å². The van der Waals surface area contributed by atoms with Gasteiger partial charge in [0.15, 0.2) is 0 Å². The number of nitrogens with zero attached hydrogens (tertiary/aromatic N) is 3. The first-order chi connectivity index (χ1) is 14.9. The van der Waals surface area contributed by atoms with Gasteiger partial charge in [-0.1, -0.05) is 36.4 Å². The molecule has 31 heavy (non-hydrogen) atoms. The molecule has 2 heterocycles. The average Bonchev–Trinajstić information content (AvgIpc) is 2.78. The summed E-state index contributed by atoms with van der Waals surface area (Å²) >= 11 is 0. The van der Waals surface area contributed by atoms with Crippen LogP contribution in [0.2, 0.25) is 0 Å². The third-order valence-corrected chi connectivity index (χ3v) is 8.97. The van der Waals surface area contributed by atoms with Gasteiger partial charge < -0.3 is 4.90 Å². The number of sulfonamides is 1. The minimum Gasteiger partial charge on any atom is -0.371 e. The number of piperidine rings is 1. The Morgan fingerprint density at radius 1 is 1.06 bits per heavy atom. The lowest BCUT2D eigenvalue weighted by Gasteiger charge is -2.37. The normalized spacial score (nSPS) is 24.6. The number of hydrogen-bond acceptors (Lipinski definition) is 4. The van der Waals surface area contributed by atoms with E-state index in [2.05, 4.69) is 11.0 Å². The summed E-state index contributed by atoms with van der Waals surface area (Å²) in [5, 5.41) is 8.47. The molecule has 1 unspecified atom stereocenters. The van der Waals surface area contributed by atoms with E-state index >= 15 is 4.39 Å². The first-order valence-corrected chi connectivity index (χ1v) is 12.4. The molecule has 5 nitrogen and oxygen atoms in total. The predicted molar refractivity (Wildman–Crippen MR) is 119 cm³/mol. The molecule has 0 N–H and O–H groups in total. The molecule has 2 atom stereocenters. The first-order valence-electron chi connectivity index (χ1n) is 10.9. The van der Waals surface area contributed by atoms with Gasteiger partial charge >= 0.3 is 0 Å². The van der Waals surface area contributed by atoms with Gasteiger partial charge in [-0.3, -0.25) is 0 Å². The number of nitriles is 1. The van der Waals surface area contributed by atoms with E-state index < -0.39 is 15.3 Å². The van der Waals surface area contributed by atoms with E-state index in [0.717, 1.165) is 43.6 Å². The zero-order valence-corrected chi connectivity index (χ0v) is 18.6. The van der Waals surface area contributed by atoms with Crippen molar-refractivity contribution in [2.45, 2.75) is 50.4 Å². The van der Waals surface area contributed by atoms with E-state index in [-0.39, 0.29) is 24.3 Å². The molecule has 0 saturated carbocycles. The molecule has 2 aromatic rings. The van der Waals surface area contributed by atoms with Gasteiger partial charge in [-0.25, -0.2) is 12.8 Å². The molecule has 0 radical (unpaired) electrons. The summed E-state index contributed by atoms with van der Waals surface area (Å²) in [7, 11) is -3.60. The molecule has 2 aliphatic rings. The van der Waals surface area contributed by atoms with Gasteiger partial charge in [-0.15, -0.1) is 0 Å². The lowest BCUT2D eigenvalue weighted by Crippen LogP contribution is -2.44. The fraction of sp³-hybridized carbons (Fsp3) is 0.458. The van der Waals surface area contributed by atoms with Crippen molar-refractivity contribution in [1.82, 2.24) is 4.31 Å². The molecular weight excluding hydrogens is 413 g/mol. The standard InChI is InChI=1S/C24H28FN3O2S/c1-18-7-10-24(20-5-3-2-4-6-20)31(29,30)28(18)17-21-8-9-22(15-23(21)25)27-13-11-19(16-26)12-14-27/h2-6,8-9,15,18-19,24H,7,10-14,17H2,1H3/t18-,24?/m0/s1. The van der Waals surface area contributed by atoms with Crippen LogP contribution in [-0.4, -0.2) is 31.9 Å². The number of rotatable bonds is 4. The minimum atomic E-state index is -3.60. The smallest absolute Gasteiger partial charge is 0.221 e. The van der Waals surface area contributed by atoms with Crippen LogP contribution in [0.5, 0.6) is 0 Å². The summed E-state index contributed by atoms with van der Waals surface area (Å²) in [5.41, 5.74) is 1.96. The van der Waals surface area contributed by atoms with E-state index in [0.29, 0.717) is 12.0 Å². The van der Waals surface area contributed by atoms with Crippen LogP contribution >= 0.6 is 0 Å². The fourth-order valence-electron chi connectivity index (χ4n) is 4.65. The summed E-state index contributed by atoms with van der Waals surface area (Å²) in [6, 6.07) is 16.5. The Morgan fingerprint density at radius 2 is 1.77 bits per heavy atom. The molecule has 2 fully saturated rings. The van der Waals surface area contributed by atoms with Crippen LogP contribution < -0.4 is 4.90 Å². The van der Waals surface area contributed by atoms with Crippen LogP contribution in [0.15, 0.2) is 48.5 Å². The Kier molecular flexibility index (Phi) is 6.31. The predicted octanol–water partition coefficient (Wildman–Crippen LogP) is 4.62. The maximum absolute atomic E-state index is 15.0. The summed E-state index contributed by atoms with van der Waals surface area (Å²) in [6.07, 6.45) is 2.88. The zero-order valence-electron chi connectivity index (χ0n) is 17.7. The van der Waals surface area contributed by atoms with E-state index in [1.165, 1.54) is 10.4 Å². The molecular formula is C24H28FN3O2S. The van der Waals surface area contributed by atoms with Crippen molar-refractivity contribution in [2.24, 2.45) is 5.92 Å². The quantitative estimate of drug-likeness (QED) is 0.694. The van der Waals surface area contributed by atoms with Crippen molar-refractivity contribution in [2.75, 3.05) is 18.0 Å². The first kappa shape index (κ1) is 21.8. The highest BCUT2D eigenvalue weighted by molar-refractivity contribution is 7.89. The second-order valence-electron chi connectivity index (χ2n) is 8.58. The van der Waals surface area contributed by atoms with Gasteiger partial charge in [0.05, 0.1) is 6.07 Å². The second kappa shape index (κ2) is 8.97. The van der Waals surface area contributed by atoms with Crippen LogP contribution in [0, 0.1) is 23.1 Å². The monoisotopic (exact) mass is 441 g/mol. The number of halogens is 1. The minimum absolute atomic E-state index is 0.0372. The zero-order chi connectivity index (χ0) is 22.0. The van der Waals surface area contributed by atoms with Crippen molar-refractivity contribution in [3.63, 3.8) is 0 Å². The van der Waals surface area contributed by atoms with Crippen molar-refractivity contribution >= 4 is 15.7 Å². The molecule has 0 aromatic heterocycles. The Balaban J connectivity index is 1.53. The topological polar surface area (TPSA) is 64.4 Å². The fourth-order valence-corrected chi connectivity index (χ4v) is 6.84. The molecule has 0 bridgehead atoms. The van der Waals surface area contributed by atoms with E-state index in [9.17, 15) is 8.42 Å². The average molecular weight is 442 g/mol. The third-order valence-electron chi connectivity index (χ3n) is 6.60. The molecule has 0 amide bonds. The number of anilines is 1. The van der Waals surface area contributed by atoms with Crippen molar-refractivity contribution < 1.29 is 12.8 Å². The van der Waals surface area contributed by atoms with Crippen molar-refractivity contribution in [3.05, 3.63) is 65.5 Å². The lowest BCUT2D eigenvalue weighted by atomic mass is 9.98. The highest BCUT2D eigenvalue weighted by atomic mass is 32.2. The second-order valence-corrected chi connectivity index (χ2v) is 10.6. The highest BCUT2D eigenvalue weighted by Gasteiger charge is 2.40. The van der Waals surface area contributed by atoms with Gasteiger partial charge in [0.2, 0.25) is 10.0 Å². The molecule has 7 heteroatoms. The Morgan fingerprint density at radius 3 is 2.42 bits per heavy atom. The van der Waals surface area contributed by atoms with Gasteiger partial charge in [-0.05, 0) is 50.3 Å². The van der Waals surface area contributed by atoms with Crippen LogP contribution in [0.4, 0.5) is 10.1 Å². The number of hydrogen-bond donors (Lipinski definition) is 0. The largest absolute Gasteiger partial charge is 0.371 e. The SMILES string of the molecule is C[C@H]1CCC(c2ccccc2)S(=O)(=O)N1Cc1ccc(N2CCC(C#N)CC2)cc1F. The van der Waals surface area contributed by atoms with Crippen molar-refractivity contribution in [1.29, 1.82) is 5.26 Å². The summed E-state index contributed by atoms with van der Waals surface area (Å²) in [6.45, 7) is 3.39. The highest BCUT2D eigenvalue weighted by Crippen LogP contribution is 2.38. The van der Waals surface area contributed by atoms with E-state index in [1.807, 2.05) is 43.3 Å². The van der Waals surface area contributed by atoms with Gasteiger partial charge in [0.25, 0.3) is 0 Å². The molecule has 4 rings (SSSR count). The Bertz CT molecular complexity index is 1060. The molecule has 0 spiro atoms. The number of benzene rings is 2. The van der Waals surface area contributed by atoms with Gasteiger partial charge in [-0.2, -0.15) is 9.57 Å². The third kappa shape index (κ3) is 4.46. The molecule has 2 aliphatic heterocycles. The van der Waals surface area contributed by atoms with Gasteiger partial charge in [0, 0.05) is 42.8 Å². The van der Waals surface area contributed by atoms with E-state index in [1.54, 1.807) is 6.07 Å². The van der Waals surface area contributed by atoms with Crippen LogP contribution in [0.3, 0.4) is 0 Å². The Hall–Kier alpha value is -2.43. The molecule has 2 aromatic carbocycles. The van der Waals surface area contributed by atoms with Crippen LogP contribution in [0.1, 0.15) is 49.0 Å². The van der Waals surface area contributed by atoms with Gasteiger partial charge in [0.1, 0.15) is 11.1 Å². The summed E-state index contributed by atoms with van der Waals surface area (Å²) < 4.78 is 43.2. The summed E-state index contributed by atoms with van der Waals surface area (Å²) in [5.74, 6) is -0.312. The van der Waals surface area contributed by atoms with E-state index in [4.69, 9.17) is 5.26 Å². The Labute approximate surface area is 184 Å². The summed E-state index contributed by atoms with van der Waals surface area (Å²) in [4.78, 5) is 2.09.